The lowest BCUT2D eigenvalue weighted by atomic mass is 10.1. The van der Waals surface area contributed by atoms with Crippen molar-refractivity contribution >= 4 is 11.8 Å². The highest BCUT2D eigenvalue weighted by molar-refractivity contribution is 8.03. The van der Waals surface area contributed by atoms with Crippen LogP contribution >= 0.6 is 11.8 Å². The van der Waals surface area contributed by atoms with Crippen LogP contribution in [0.4, 0.5) is 0 Å². The van der Waals surface area contributed by atoms with Crippen LogP contribution in [0.3, 0.4) is 0 Å². The molecule has 1 heterocycles. The topological polar surface area (TPSA) is 0 Å². The van der Waals surface area contributed by atoms with Crippen LogP contribution in [0.25, 0.3) is 0 Å². The number of thioether (sulfide) groups is 1. The van der Waals surface area contributed by atoms with Gasteiger partial charge in [0.1, 0.15) is 0 Å². The van der Waals surface area contributed by atoms with E-state index in [9.17, 15) is 0 Å². The number of unbranched alkanes of at least 4 members (excludes halogenated alkanes) is 5. The zero-order valence-electron chi connectivity index (χ0n) is 9.72. The fourth-order valence-corrected chi connectivity index (χ4v) is 3.06. The molecule has 0 amide bonds. The summed E-state index contributed by atoms with van der Waals surface area (Å²) < 4.78 is 0. The van der Waals surface area contributed by atoms with Crippen LogP contribution in [0.1, 0.15) is 65.2 Å². The van der Waals surface area contributed by atoms with E-state index < -0.39 is 0 Å². The molecule has 0 N–H and O–H groups in total. The van der Waals surface area contributed by atoms with Crippen molar-refractivity contribution < 1.29 is 0 Å². The Morgan fingerprint density at radius 1 is 1.21 bits per heavy atom. The monoisotopic (exact) mass is 212 g/mol. The quantitative estimate of drug-likeness (QED) is 0.526. The zero-order chi connectivity index (χ0) is 10.2. The number of hydrogen-bond acceptors (Lipinski definition) is 1. The minimum Gasteiger partial charge on any atom is -0.127 e. The maximum atomic E-state index is 2.45. The molecule has 1 aliphatic rings. The standard InChI is InChI=1S/C13H24S/c1-3-4-5-6-7-8-9-13-11-10-12(2)14-13/h11-12H,3-10H2,1-2H3. The minimum absolute atomic E-state index is 0.852. The minimum atomic E-state index is 0.852. The van der Waals surface area contributed by atoms with Gasteiger partial charge in [0, 0.05) is 5.25 Å². The predicted molar refractivity (Wildman–Crippen MR) is 67.7 cm³/mol. The van der Waals surface area contributed by atoms with Gasteiger partial charge < -0.3 is 0 Å². The Morgan fingerprint density at radius 2 is 1.93 bits per heavy atom. The van der Waals surface area contributed by atoms with Crippen LogP contribution in [-0.4, -0.2) is 5.25 Å². The second kappa shape index (κ2) is 7.39. The van der Waals surface area contributed by atoms with E-state index in [1.54, 1.807) is 4.91 Å². The van der Waals surface area contributed by atoms with Crippen LogP contribution in [0.5, 0.6) is 0 Å². The van der Waals surface area contributed by atoms with Crippen molar-refractivity contribution in [3.05, 3.63) is 11.0 Å². The van der Waals surface area contributed by atoms with Gasteiger partial charge in [0.15, 0.2) is 0 Å². The Morgan fingerprint density at radius 3 is 2.57 bits per heavy atom. The fraction of sp³-hybridized carbons (Fsp3) is 0.846. The molecule has 1 rings (SSSR count). The first-order valence-corrected chi connectivity index (χ1v) is 7.06. The van der Waals surface area contributed by atoms with Crippen molar-refractivity contribution in [3.63, 3.8) is 0 Å². The molecule has 1 heteroatoms. The second-order valence-electron chi connectivity index (χ2n) is 4.35. The molecule has 0 aromatic rings. The molecule has 14 heavy (non-hydrogen) atoms. The maximum absolute atomic E-state index is 2.45. The fourth-order valence-electron chi connectivity index (χ4n) is 1.89. The van der Waals surface area contributed by atoms with E-state index in [0.29, 0.717) is 0 Å². The lowest BCUT2D eigenvalue weighted by molar-refractivity contribution is 0.610. The second-order valence-corrected chi connectivity index (χ2v) is 5.92. The van der Waals surface area contributed by atoms with E-state index in [4.69, 9.17) is 0 Å². The summed E-state index contributed by atoms with van der Waals surface area (Å²) in [5.41, 5.74) is 0. The molecule has 0 aliphatic carbocycles. The van der Waals surface area contributed by atoms with E-state index in [-0.39, 0.29) is 0 Å². The molecular formula is C13H24S. The Hall–Kier alpha value is 0.0900. The van der Waals surface area contributed by atoms with Crippen molar-refractivity contribution in [3.8, 4) is 0 Å². The van der Waals surface area contributed by atoms with Gasteiger partial charge in [0.2, 0.25) is 0 Å². The third kappa shape index (κ3) is 5.09. The molecule has 0 fully saturated rings. The molecule has 0 bridgehead atoms. The van der Waals surface area contributed by atoms with Gasteiger partial charge in [-0.05, 0) is 24.2 Å². The average Bonchev–Trinajstić information content (AvgIpc) is 2.58. The van der Waals surface area contributed by atoms with E-state index in [1.807, 2.05) is 0 Å². The molecule has 0 aromatic carbocycles. The van der Waals surface area contributed by atoms with E-state index in [1.165, 1.54) is 51.4 Å². The summed E-state index contributed by atoms with van der Waals surface area (Å²) in [5, 5.41) is 0.852. The summed E-state index contributed by atoms with van der Waals surface area (Å²) in [6, 6.07) is 0. The summed E-state index contributed by atoms with van der Waals surface area (Å²) in [4.78, 5) is 1.66. The van der Waals surface area contributed by atoms with Crippen molar-refractivity contribution in [2.75, 3.05) is 0 Å². The number of rotatable bonds is 7. The summed E-state index contributed by atoms with van der Waals surface area (Å²) in [6.07, 6.45) is 13.6. The summed E-state index contributed by atoms with van der Waals surface area (Å²) in [7, 11) is 0. The predicted octanol–water partition coefficient (Wildman–Crippen LogP) is 5.15. The molecule has 1 atom stereocenters. The van der Waals surface area contributed by atoms with Crippen LogP contribution in [0.2, 0.25) is 0 Å². The SMILES string of the molecule is CCCCCCCCC1=CCC(C)S1. The van der Waals surface area contributed by atoms with Gasteiger partial charge in [-0.15, -0.1) is 11.8 Å². The Bertz CT molecular complexity index is 172. The Balaban J connectivity index is 1.89. The Labute approximate surface area is 93.5 Å². The highest BCUT2D eigenvalue weighted by Crippen LogP contribution is 2.34. The molecule has 0 aromatic heterocycles. The molecule has 82 valence electrons. The zero-order valence-corrected chi connectivity index (χ0v) is 10.5. The van der Waals surface area contributed by atoms with Crippen molar-refractivity contribution in [1.29, 1.82) is 0 Å². The van der Waals surface area contributed by atoms with Gasteiger partial charge >= 0.3 is 0 Å². The molecule has 0 saturated carbocycles. The van der Waals surface area contributed by atoms with Crippen LogP contribution in [0, 0.1) is 0 Å². The highest BCUT2D eigenvalue weighted by Gasteiger charge is 2.11. The van der Waals surface area contributed by atoms with Crippen LogP contribution in [0.15, 0.2) is 11.0 Å². The first kappa shape index (κ1) is 12.2. The lowest BCUT2D eigenvalue weighted by Gasteiger charge is -2.03. The van der Waals surface area contributed by atoms with E-state index in [0.717, 1.165) is 5.25 Å². The average molecular weight is 212 g/mol. The van der Waals surface area contributed by atoms with Gasteiger partial charge in [0.05, 0.1) is 0 Å². The lowest BCUT2D eigenvalue weighted by Crippen LogP contribution is -1.85. The summed E-state index contributed by atoms with van der Waals surface area (Å²) >= 11 is 2.09. The summed E-state index contributed by atoms with van der Waals surface area (Å²) in [5.74, 6) is 0. The van der Waals surface area contributed by atoms with E-state index >= 15 is 0 Å². The number of allylic oxidation sites excluding steroid dienone is 2. The van der Waals surface area contributed by atoms with Gasteiger partial charge in [-0.3, -0.25) is 0 Å². The summed E-state index contributed by atoms with van der Waals surface area (Å²) in [6.45, 7) is 4.61. The molecule has 1 aliphatic heterocycles. The molecule has 0 spiro atoms. The van der Waals surface area contributed by atoms with Gasteiger partial charge in [-0.25, -0.2) is 0 Å². The molecule has 0 radical (unpaired) electrons. The molecule has 1 unspecified atom stereocenters. The van der Waals surface area contributed by atoms with Gasteiger partial charge in [-0.2, -0.15) is 0 Å². The van der Waals surface area contributed by atoms with Crippen molar-refractivity contribution in [2.24, 2.45) is 0 Å². The molecule has 0 nitrogen and oxygen atoms in total. The van der Waals surface area contributed by atoms with E-state index in [2.05, 4.69) is 31.7 Å². The first-order chi connectivity index (χ1) is 6.83. The van der Waals surface area contributed by atoms with Gasteiger partial charge in [-0.1, -0.05) is 52.0 Å². The van der Waals surface area contributed by atoms with Crippen molar-refractivity contribution in [1.82, 2.24) is 0 Å². The van der Waals surface area contributed by atoms with Crippen LogP contribution < -0.4 is 0 Å². The molecule has 0 saturated heterocycles. The third-order valence-electron chi connectivity index (χ3n) is 2.81. The van der Waals surface area contributed by atoms with Crippen molar-refractivity contribution in [2.45, 2.75) is 70.5 Å². The first-order valence-electron chi connectivity index (χ1n) is 6.18. The highest BCUT2D eigenvalue weighted by atomic mass is 32.2. The Kier molecular flexibility index (Phi) is 6.42. The maximum Gasteiger partial charge on any atom is 0.00976 e. The van der Waals surface area contributed by atoms with Crippen LogP contribution in [-0.2, 0) is 0 Å². The van der Waals surface area contributed by atoms with Gasteiger partial charge in [0.25, 0.3) is 0 Å². The normalized spacial score (nSPS) is 21.3. The smallest absolute Gasteiger partial charge is 0.00976 e. The molecular weight excluding hydrogens is 188 g/mol. The third-order valence-corrected chi connectivity index (χ3v) is 4.08. The largest absolute Gasteiger partial charge is 0.127 e. The number of hydrogen-bond donors (Lipinski definition) is 0.